The summed E-state index contributed by atoms with van der Waals surface area (Å²) in [6.07, 6.45) is 1.57. The van der Waals surface area contributed by atoms with Crippen LogP contribution in [0.5, 0.6) is 0 Å². The predicted octanol–water partition coefficient (Wildman–Crippen LogP) is -0.984. The van der Waals surface area contributed by atoms with Gasteiger partial charge in [-0.25, -0.2) is 0 Å². The zero-order valence-corrected chi connectivity index (χ0v) is 13.3. The van der Waals surface area contributed by atoms with Crippen LogP contribution in [0.2, 0.25) is 0 Å². The molecule has 92 valence electrons. The average Bonchev–Trinajstić information content (AvgIpc) is 2.29. The van der Waals surface area contributed by atoms with E-state index < -0.39 is 0 Å². The molecule has 5 N–H and O–H groups in total. The van der Waals surface area contributed by atoms with Crippen LogP contribution in [0, 0.1) is 13.8 Å². The Bertz CT molecular complexity index is 452. The molecule has 0 saturated heterocycles. The summed E-state index contributed by atoms with van der Waals surface area (Å²) in [6, 6.07) is 5.88. The van der Waals surface area contributed by atoms with Gasteiger partial charge >= 0.3 is 29.6 Å². The molecule has 1 aromatic carbocycles. The van der Waals surface area contributed by atoms with E-state index in [1.807, 2.05) is 32.0 Å². The molecule has 0 aliphatic carbocycles. The number of nitrogens with zero attached hydrogens (tertiary/aromatic N) is 1. The standard InChI is InChI=1S/C13H19N4.Na/c1-9-4-3-5-11(10(9)2)12(15)8-13(16)17-7-6-14;/h3-5,8,15H,6-7,14H2,1-2H3,(H2,16,17);/q-1;+1/b12-8-;. The zero-order chi connectivity index (χ0) is 12.8. The van der Waals surface area contributed by atoms with Crippen molar-refractivity contribution in [2.75, 3.05) is 13.1 Å². The van der Waals surface area contributed by atoms with Gasteiger partial charge in [0.15, 0.2) is 0 Å². The molecule has 0 amide bonds. The Morgan fingerprint density at radius 2 is 2.06 bits per heavy atom. The maximum atomic E-state index is 7.99. The molecular weight excluding hydrogens is 235 g/mol. The van der Waals surface area contributed by atoms with E-state index >= 15 is 0 Å². The van der Waals surface area contributed by atoms with Crippen molar-refractivity contribution in [2.24, 2.45) is 16.5 Å². The molecule has 0 atom stereocenters. The molecule has 1 rings (SSSR count). The summed E-state index contributed by atoms with van der Waals surface area (Å²) in [5, 5.41) is 0. The Morgan fingerprint density at radius 1 is 1.39 bits per heavy atom. The molecule has 0 aliphatic heterocycles. The van der Waals surface area contributed by atoms with Crippen molar-refractivity contribution in [3.8, 4) is 0 Å². The van der Waals surface area contributed by atoms with E-state index in [2.05, 4.69) is 4.99 Å². The number of nitrogens with two attached hydrogens (primary N) is 2. The van der Waals surface area contributed by atoms with Crippen molar-refractivity contribution in [3.05, 3.63) is 46.7 Å². The van der Waals surface area contributed by atoms with Crippen LogP contribution >= 0.6 is 0 Å². The largest absolute Gasteiger partial charge is 1.00 e. The quantitative estimate of drug-likeness (QED) is 0.411. The third-order valence-electron chi connectivity index (χ3n) is 2.61. The van der Waals surface area contributed by atoms with E-state index in [-0.39, 0.29) is 29.6 Å². The number of hydrogen-bond acceptors (Lipinski definition) is 2. The Hall–Kier alpha value is -0.810. The minimum absolute atomic E-state index is 0. The van der Waals surface area contributed by atoms with Crippen molar-refractivity contribution < 1.29 is 29.6 Å². The normalized spacial score (nSPS) is 12.2. The first kappa shape index (κ1) is 17.2. The molecule has 0 aromatic heterocycles. The van der Waals surface area contributed by atoms with E-state index in [1.165, 1.54) is 0 Å². The summed E-state index contributed by atoms with van der Waals surface area (Å²) < 4.78 is 0. The van der Waals surface area contributed by atoms with E-state index in [0.29, 0.717) is 24.6 Å². The molecule has 0 spiro atoms. The summed E-state index contributed by atoms with van der Waals surface area (Å²) in [5.41, 5.74) is 22.5. The fourth-order valence-electron chi connectivity index (χ4n) is 1.51. The van der Waals surface area contributed by atoms with Gasteiger partial charge in [0.1, 0.15) is 5.84 Å². The monoisotopic (exact) mass is 254 g/mol. The van der Waals surface area contributed by atoms with Crippen LogP contribution in [0.15, 0.2) is 29.3 Å². The molecule has 0 saturated carbocycles. The van der Waals surface area contributed by atoms with Gasteiger partial charge < -0.3 is 17.2 Å². The van der Waals surface area contributed by atoms with Crippen molar-refractivity contribution in [1.82, 2.24) is 0 Å². The van der Waals surface area contributed by atoms with Gasteiger partial charge in [0, 0.05) is 6.54 Å². The summed E-state index contributed by atoms with van der Waals surface area (Å²) in [6.45, 7) is 4.98. The fourth-order valence-corrected chi connectivity index (χ4v) is 1.51. The smallest absolute Gasteiger partial charge is 0.698 e. The zero-order valence-electron chi connectivity index (χ0n) is 11.3. The molecule has 0 bridgehead atoms. The van der Waals surface area contributed by atoms with Gasteiger partial charge in [0.25, 0.3) is 0 Å². The number of benzene rings is 1. The number of rotatable bonds is 4. The number of amidine groups is 1. The van der Waals surface area contributed by atoms with Crippen LogP contribution in [0.3, 0.4) is 0 Å². The third kappa shape index (κ3) is 4.82. The van der Waals surface area contributed by atoms with Crippen LogP contribution in [-0.4, -0.2) is 18.9 Å². The van der Waals surface area contributed by atoms with E-state index in [4.69, 9.17) is 17.2 Å². The van der Waals surface area contributed by atoms with Gasteiger partial charge in [-0.1, -0.05) is 18.2 Å². The molecular formula is C13H19N4Na. The maximum absolute atomic E-state index is 7.99. The summed E-state index contributed by atoms with van der Waals surface area (Å²) in [5.74, 6) is 0.348. The first-order chi connectivity index (χ1) is 8.06. The maximum Gasteiger partial charge on any atom is 1.00 e. The fraction of sp³-hybridized carbons (Fsp3) is 0.308. The number of nitrogens with one attached hydrogen (secondary N) is 1. The molecule has 5 heteroatoms. The second kappa shape index (κ2) is 8.32. The van der Waals surface area contributed by atoms with Gasteiger partial charge in [0.05, 0.1) is 6.54 Å². The third-order valence-corrected chi connectivity index (χ3v) is 2.61. The first-order valence-corrected chi connectivity index (χ1v) is 5.56. The predicted molar refractivity (Wildman–Crippen MR) is 73.8 cm³/mol. The summed E-state index contributed by atoms with van der Waals surface area (Å²) >= 11 is 0. The minimum atomic E-state index is 0. The van der Waals surface area contributed by atoms with E-state index in [0.717, 1.165) is 16.7 Å². The Kier molecular flexibility index (Phi) is 7.95. The van der Waals surface area contributed by atoms with Gasteiger partial charge in [-0.05, 0) is 36.6 Å². The number of aliphatic imine (C=N–C) groups is 1. The van der Waals surface area contributed by atoms with Crippen molar-refractivity contribution in [1.29, 1.82) is 0 Å². The average molecular weight is 254 g/mol. The molecule has 0 fully saturated rings. The molecule has 0 radical (unpaired) electrons. The molecule has 0 unspecified atom stereocenters. The SMILES string of the molecule is Cc1cccc(/C([NH-])=C/C(N)=NCCN)c1C.[Na+]. The topological polar surface area (TPSA) is 88.2 Å². The van der Waals surface area contributed by atoms with Crippen LogP contribution in [0.25, 0.3) is 11.4 Å². The van der Waals surface area contributed by atoms with E-state index in [1.54, 1.807) is 6.08 Å². The van der Waals surface area contributed by atoms with Crippen LogP contribution in [0.1, 0.15) is 16.7 Å². The van der Waals surface area contributed by atoms with E-state index in [9.17, 15) is 0 Å². The van der Waals surface area contributed by atoms with Crippen molar-refractivity contribution in [3.63, 3.8) is 0 Å². The molecule has 0 aliphatic rings. The molecule has 4 nitrogen and oxygen atoms in total. The van der Waals surface area contributed by atoms with Crippen LogP contribution in [-0.2, 0) is 0 Å². The van der Waals surface area contributed by atoms with Crippen molar-refractivity contribution in [2.45, 2.75) is 13.8 Å². The van der Waals surface area contributed by atoms with Crippen LogP contribution in [0.4, 0.5) is 0 Å². The Labute approximate surface area is 131 Å². The Morgan fingerprint density at radius 3 is 2.67 bits per heavy atom. The molecule has 0 heterocycles. The second-order valence-electron chi connectivity index (χ2n) is 3.90. The first-order valence-electron chi connectivity index (χ1n) is 5.56. The Balaban J connectivity index is 0.00000289. The molecule has 1 aromatic rings. The molecule has 18 heavy (non-hydrogen) atoms. The summed E-state index contributed by atoms with van der Waals surface area (Å²) in [4.78, 5) is 4.03. The van der Waals surface area contributed by atoms with Crippen LogP contribution < -0.4 is 41.0 Å². The van der Waals surface area contributed by atoms with Gasteiger partial charge in [0.2, 0.25) is 0 Å². The number of hydrogen-bond donors (Lipinski definition) is 2. The summed E-state index contributed by atoms with van der Waals surface area (Å²) in [7, 11) is 0. The van der Waals surface area contributed by atoms with Gasteiger partial charge in [-0.2, -0.15) is 0 Å². The van der Waals surface area contributed by atoms with Gasteiger partial charge in [-0.3, -0.25) is 4.99 Å². The number of aryl methyl sites for hydroxylation is 1. The van der Waals surface area contributed by atoms with Gasteiger partial charge in [-0.15, -0.1) is 5.70 Å². The van der Waals surface area contributed by atoms with Crippen molar-refractivity contribution >= 4 is 11.5 Å². The second-order valence-corrected chi connectivity index (χ2v) is 3.90. The minimum Gasteiger partial charge on any atom is -0.698 e.